The fourth-order valence-corrected chi connectivity index (χ4v) is 3.58. The zero-order valence-corrected chi connectivity index (χ0v) is 18.6. The lowest BCUT2D eigenvalue weighted by Gasteiger charge is -2.40. The van der Waals surface area contributed by atoms with E-state index in [1.165, 1.54) is 19.3 Å². The minimum absolute atomic E-state index is 0.0186. The van der Waals surface area contributed by atoms with Gasteiger partial charge in [0.15, 0.2) is 17.5 Å². The molecule has 7 heteroatoms. The van der Waals surface area contributed by atoms with E-state index in [1.807, 2.05) is 13.0 Å². The summed E-state index contributed by atoms with van der Waals surface area (Å²) < 4.78 is 10.6. The molecule has 1 fully saturated rings. The number of nitrogens with one attached hydrogen (secondary N) is 2. The van der Waals surface area contributed by atoms with Gasteiger partial charge >= 0.3 is 0 Å². The lowest BCUT2D eigenvalue weighted by molar-refractivity contribution is 0.102. The van der Waals surface area contributed by atoms with E-state index in [0.29, 0.717) is 24.6 Å². The number of benzene rings is 1. The van der Waals surface area contributed by atoms with E-state index >= 15 is 0 Å². The Bertz CT molecular complexity index is 657. The fraction of sp³-hybridized carbons (Fsp3) is 0.682. The van der Waals surface area contributed by atoms with Crippen molar-refractivity contribution in [3.63, 3.8) is 0 Å². The van der Waals surface area contributed by atoms with Gasteiger partial charge in [0.25, 0.3) is 0 Å². The molecule has 1 atom stereocenters. The van der Waals surface area contributed by atoms with Gasteiger partial charge in [0.05, 0.1) is 26.9 Å². The molecule has 0 spiro atoms. The van der Waals surface area contributed by atoms with Gasteiger partial charge in [-0.05, 0) is 64.4 Å². The van der Waals surface area contributed by atoms with Crippen LogP contribution in [-0.2, 0) is 0 Å². The predicted molar refractivity (Wildman–Crippen MR) is 118 cm³/mol. The highest BCUT2D eigenvalue weighted by Crippen LogP contribution is 2.29. The Morgan fingerprint density at radius 3 is 2.45 bits per heavy atom. The first-order valence-corrected chi connectivity index (χ1v) is 10.6. The van der Waals surface area contributed by atoms with Crippen LogP contribution in [0.1, 0.15) is 51.7 Å². The van der Waals surface area contributed by atoms with Gasteiger partial charge in [0.2, 0.25) is 0 Å². The molecular weight excluding hydrogens is 368 g/mol. The van der Waals surface area contributed by atoms with Crippen molar-refractivity contribution in [3.05, 3.63) is 23.8 Å². The fourth-order valence-electron chi connectivity index (χ4n) is 3.58. The minimum Gasteiger partial charge on any atom is -0.493 e. The van der Waals surface area contributed by atoms with Crippen LogP contribution in [0.15, 0.2) is 23.2 Å². The molecule has 3 N–H and O–H groups in total. The molecule has 2 rings (SSSR count). The molecule has 0 aliphatic carbocycles. The van der Waals surface area contributed by atoms with Gasteiger partial charge in [-0.1, -0.05) is 12.5 Å². The number of likely N-dealkylation sites (tertiary alicyclic amines) is 1. The quantitative estimate of drug-likeness (QED) is 0.432. The third-order valence-corrected chi connectivity index (χ3v) is 5.44. The summed E-state index contributed by atoms with van der Waals surface area (Å²) in [6.07, 6.45) is 3.17. The minimum atomic E-state index is -0.686. The Labute approximate surface area is 175 Å². The summed E-state index contributed by atoms with van der Waals surface area (Å²) in [7, 11) is 3.19. The van der Waals surface area contributed by atoms with Crippen LogP contribution in [0.3, 0.4) is 0 Å². The number of hydrogen-bond acceptors (Lipinski definition) is 5. The lowest BCUT2D eigenvalue weighted by Crippen LogP contribution is -2.49. The number of methoxy groups -OCH3 is 2. The topological polar surface area (TPSA) is 78.4 Å². The van der Waals surface area contributed by atoms with Crippen LogP contribution in [-0.4, -0.2) is 68.4 Å². The smallest absolute Gasteiger partial charge is 0.191 e. The molecule has 29 heavy (non-hydrogen) atoms. The molecule has 0 amide bonds. The molecule has 1 saturated heterocycles. The molecule has 1 aromatic rings. The van der Waals surface area contributed by atoms with Crippen molar-refractivity contribution in [1.82, 2.24) is 15.5 Å². The molecule has 1 unspecified atom stereocenters. The normalized spacial score (nSPS) is 17.0. The maximum absolute atomic E-state index is 10.6. The highest BCUT2D eigenvalue weighted by molar-refractivity contribution is 5.79. The average Bonchev–Trinajstić information content (AvgIpc) is 2.75. The number of nitrogens with zero attached hydrogens (tertiary/aromatic N) is 2. The largest absolute Gasteiger partial charge is 0.493 e. The second-order valence-electron chi connectivity index (χ2n) is 8.07. The summed E-state index contributed by atoms with van der Waals surface area (Å²) in [6, 6.07) is 5.45. The van der Waals surface area contributed by atoms with Crippen molar-refractivity contribution < 1.29 is 14.6 Å². The molecular formula is C22H38N4O3. The molecule has 0 bridgehead atoms. The number of aliphatic imine (C=N–C) groups is 1. The first kappa shape index (κ1) is 23.3. The number of aliphatic hydroxyl groups excluding tert-OH is 1. The van der Waals surface area contributed by atoms with Gasteiger partial charge in [-0.25, -0.2) is 0 Å². The zero-order valence-electron chi connectivity index (χ0n) is 18.6. The van der Waals surface area contributed by atoms with Gasteiger partial charge in [0.1, 0.15) is 0 Å². The van der Waals surface area contributed by atoms with E-state index in [4.69, 9.17) is 14.5 Å². The summed E-state index contributed by atoms with van der Waals surface area (Å²) in [5, 5.41) is 17.1. The Hall–Kier alpha value is -1.99. The SMILES string of the molecule is CCNC(=NCC(C)(C)N1CCCCC1)NCC(O)c1ccc(OC)c(OC)c1. The Kier molecular flexibility index (Phi) is 9.04. The maximum Gasteiger partial charge on any atom is 0.191 e. The van der Waals surface area contributed by atoms with Crippen LogP contribution in [0.2, 0.25) is 0 Å². The van der Waals surface area contributed by atoms with E-state index in [-0.39, 0.29) is 5.54 Å². The third-order valence-electron chi connectivity index (χ3n) is 5.44. The van der Waals surface area contributed by atoms with Gasteiger partial charge in [0, 0.05) is 18.6 Å². The van der Waals surface area contributed by atoms with Crippen molar-refractivity contribution in [3.8, 4) is 11.5 Å². The Morgan fingerprint density at radius 2 is 1.83 bits per heavy atom. The number of aliphatic hydroxyl groups is 1. The molecule has 1 aliphatic rings. The van der Waals surface area contributed by atoms with Crippen LogP contribution >= 0.6 is 0 Å². The van der Waals surface area contributed by atoms with Gasteiger partial charge < -0.3 is 25.2 Å². The number of hydrogen-bond donors (Lipinski definition) is 3. The van der Waals surface area contributed by atoms with Crippen molar-refractivity contribution in [2.45, 2.75) is 51.7 Å². The summed E-state index contributed by atoms with van der Waals surface area (Å²) >= 11 is 0. The number of piperidine rings is 1. The standard InChI is InChI=1S/C22H38N4O3/c1-6-23-21(25-16-22(2,3)26-12-8-7-9-13-26)24-15-18(27)17-10-11-19(28-4)20(14-17)29-5/h10-11,14,18,27H,6-9,12-13,15-16H2,1-5H3,(H2,23,24,25). The highest BCUT2D eigenvalue weighted by Gasteiger charge is 2.27. The van der Waals surface area contributed by atoms with Crippen molar-refractivity contribution in [2.75, 3.05) is 46.9 Å². The predicted octanol–water partition coefficient (Wildman–Crippen LogP) is 2.56. The number of rotatable bonds is 9. The third kappa shape index (κ3) is 6.78. The molecule has 0 aromatic heterocycles. The molecule has 7 nitrogen and oxygen atoms in total. The number of guanidine groups is 1. The Balaban J connectivity index is 1.98. The highest BCUT2D eigenvalue weighted by atomic mass is 16.5. The second kappa shape index (κ2) is 11.3. The average molecular weight is 407 g/mol. The first-order chi connectivity index (χ1) is 13.9. The van der Waals surface area contributed by atoms with Gasteiger partial charge in [-0.3, -0.25) is 9.89 Å². The Morgan fingerprint density at radius 1 is 1.14 bits per heavy atom. The molecule has 0 radical (unpaired) electrons. The molecule has 1 aliphatic heterocycles. The van der Waals surface area contributed by atoms with Crippen molar-refractivity contribution in [1.29, 1.82) is 0 Å². The van der Waals surface area contributed by atoms with Gasteiger partial charge in [-0.15, -0.1) is 0 Å². The molecule has 1 heterocycles. The van der Waals surface area contributed by atoms with Crippen LogP contribution in [0, 0.1) is 0 Å². The zero-order chi connectivity index (χ0) is 21.3. The second-order valence-corrected chi connectivity index (χ2v) is 8.07. The first-order valence-electron chi connectivity index (χ1n) is 10.6. The van der Waals surface area contributed by atoms with Crippen LogP contribution in [0.4, 0.5) is 0 Å². The molecule has 0 saturated carbocycles. The van der Waals surface area contributed by atoms with Crippen molar-refractivity contribution in [2.24, 2.45) is 4.99 Å². The summed E-state index contributed by atoms with van der Waals surface area (Å²) in [5.74, 6) is 1.97. The lowest BCUT2D eigenvalue weighted by atomic mass is 9.99. The summed E-state index contributed by atoms with van der Waals surface area (Å²) in [4.78, 5) is 7.31. The molecule has 1 aromatic carbocycles. The van der Waals surface area contributed by atoms with Crippen LogP contribution in [0.25, 0.3) is 0 Å². The van der Waals surface area contributed by atoms with Crippen molar-refractivity contribution >= 4 is 5.96 Å². The van der Waals surface area contributed by atoms with E-state index in [2.05, 4.69) is 29.4 Å². The summed E-state index contributed by atoms with van der Waals surface area (Å²) in [5.41, 5.74) is 0.782. The van der Waals surface area contributed by atoms with Gasteiger partial charge in [-0.2, -0.15) is 0 Å². The molecule has 164 valence electrons. The van der Waals surface area contributed by atoms with E-state index in [9.17, 15) is 5.11 Å². The van der Waals surface area contributed by atoms with E-state index in [0.717, 1.165) is 31.2 Å². The number of ether oxygens (including phenoxy) is 2. The van der Waals surface area contributed by atoms with E-state index < -0.39 is 6.10 Å². The van der Waals surface area contributed by atoms with Crippen LogP contribution < -0.4 is 20.1 Å². The van der Waals surface area contributed by atoms with E-state index in [1.54, 1.807) is 26.4 Å². The monoisotopic (exact) mass is 406 g/mol. The van der Waals surface area contributed by atoms with Crippen LogP contribution in [0.5, 0.6) is 11.5 Å². The summed E-state index contributed by atoms with van der Waals surface area (Å²) in [6.45, 7) is 10.7. The maximum atomic E-state index is 10.6.